The normalized spacial score (nSPS) is 14.4. The average molecular weight is 342 g/mol. The van der Waals surface area contributed by atoms with Crippen molar-refractivity contribution in [2.75, 3.05) is 7.11 Å². The van der Waals surface area contributed by atoms with E-state index in [9.17, 15) is 23.2 Å². The third kappa shape index (κ3) is 5.69. The lowest BCUT2D eigenvalue weighted by Crippen LogP contribution is -2.50. The summed E-state index contributed by atoms with van der Waals surface area (Å²) in [5.74, 6) is -3.38. The summed E-state index contributed by atoms with van der Waals surface area (Å²) in [5, 5.41) is 2.41. The van der Waals surface area contributed by atoms with Crippen LogP contribution < -0.4 is 11.1 Å². The maximum absolute atomic E-state index is 13.1. The number of benzene rings is 1. The molecular weight excluding hydrogens is 322 g/mol. The molecule has 0 aliphatic rings. The smallest absolute Gasteiger partial charge is 0.326 e. The van der Waals surface area contributed by atoms with Gasteiger partial charge in [0.25, 0.3) is 0 Å². The molecule has 1 rings (SSSR count). The third-order valence-electron chi connectivity index (χ3n) is 3.34. The van der Waals surface area contributed by atoms with Crippen LogP contribution >= 0.6 is 0 Å². The summed E-state index contributed by atoms with van der Waals surface area (Å²) < 4.78 is 30.7. The topological polar surface area (TPSA) is 98.5 Å². The van der Waals surface area contributed by atoms with Gasteiger partial charge in [-0.1, -0.05) is 0 Å². The van der Waals surface area contributed by atoms with Gasteiger partial charge in [0, 0.05) is 12.5 Å². The van der Waals surface area contributed by atoms with E-state index in [-0.39, 0.29) is 18.4 Å². The van der Waals surface area contributed by atoms with Crippen molar-refractivity contribution in [1.29, 1.82) is 0 Å². The molecule has 0 aromatic heterocycles. The largest absolute Gasteiger partial charge is 0.468 e. The minimum atomic E-state index is -1.50. The van der Waals surface area contributed by atoms with Crippen molar-refractivity contribution in [1.82, 2.24) is 5.32 Å². The number of nitrogens with two attached hydrogens (primary N) is 1. The van der Waals surface area contributed by atoms with Crippen LogP contribution in [0, 0.1) is 11.6 Å². The SMILES string of the molecule is COC(=O)C(C)(N)CC(=O)[C@H](C)NC(=O)Cc1cc(F)cc(F)c1. The van der Waals surface area contributed by atoms with Crippen LogP contribution in [0.2, 0.25) is 0 Å². The number of carbonyl (C=O) groups is 3. The maximum atomic E-state index is 13.1. The van der Waals surface area contributed by atoms with Gasteiger partial charge >= 0.3 is 5.97 Å². The van der Waals surface area contributed by atoms with Crippen molar-refractivity contribution >= 4 is 17.7 Å². The Labute approximate surface area is 138 Å². The number of methoxy groups -OCH3 is 1. The molecule has 24 heavy (non-hydrogen) atoms. The number of rotatable bonds is 7. The molecule has 0 aliphatic carbocycles. The standard InChI is InChI=1S/C16H20F2N2O4/c1-9(13(21)8-16(2,19)15(23)24-3)20-14(22)6-10-4-11(17)7-12(18)5-10/h4-5,7,9H,6,8,19H2,1-3H3,(H,20,22)/t9-,16?/m0/s1. The molecule has 0 fully saturated rings. The molecule has 2 atom stereocenters. The molecule has 0 saturated carbocycles. The first-order valence-electron chi connectivity index (χ1n) is 7.19. The van der Waals surface area contributed by atoms with Crippen LogP contribution in [-0.2, 0) is 25.5 Å². The lowest BCUT2D eigenvalue weighted by Gasteiger charge is -2.22. The lowest BCUT2D eigenvalue weighted by molar-refractivity contribution is -0.148. The lowest BCUT2D eigenvalue weighted by atomic mass is 9.94. The van der Waals surface area contributed by atoms with Crippen molar-refractivity contribution < 1.29 is 27.9 Å². The predicted octanol–water partition coefficient (Wildman–Crippen LogP) is 0.862. The fraction of sp³-hybridized carbons (Fsp3) is 0.438. The first kappa shape index (κ1) is 19.7. The Morgan fingerprint density at radius 3 is 2.29 bits per heavy atom. The molecule has 1 aromatic rings. The highest BCUT2D eigenvalue weighted by Crippen LogP contribution is 2.11. The van der Waals surface area contributed by atoms with Gasteiger partial charge < -0.3 is 15.8 Å². The Balaban J connectivity index is 2.63. The number of halogens is 2. The van der Waals surface area contributed by atoms with E-state index in [1.807, 2.05) is 0 Å². The van der Waals surface area contributed by atoms with Crippen molar-refractivity contribution in [2.45, 2.75) is 38.3 Å². The Hall–Kier alpha value is -2.35. The summed E-state index contributed by atoms with van der Waals surface area (Å²) in [4.78, 5) is 35.4. The van der Waals surface area contributed by atoms with Gasteiger partial charge in [-0.2, -0.15) is 0 Å². The van der Waals surface area contributed by atoms with E-state index >= 15 is 0 Å². The first-order valence-corrected chi connectivity index (χ1v) is 7.19. The number of ether oxygens (including phenoxy) is 1. The van der Waals surface area contributed by atoms with Gasteiger partial charge in [-0.05, 0) is 31.5 Å². The summed E-state index contributed by atoms with van der Waals surface area (Å²) in [6, 6.07) is 1.85. The minimum Gasteiger partial charge on any atom is -0.468 e. The number of hydrogen-bond acceptors (Lipinski definition) is 5. The van der Waals surface area contributed by atoms with Gasteiger partial charge in [-0.15, -0.1) is 0 Å². The van der Waals surface area contributed by atoms with Crippen LogP contribution in [0.3, 0.4) is 0 Å². The molecule has 0 bridgehead atoms. The second-order valence-corrected chi connectivity index (χ2v) is 5.80. The van der Waals surface area contributed by atoms with E-state index in [0.717, 1.165) is 19.2 Å². The van der Waals surface area contributed by atoms with Gasteiger partial charge in [-0.25, -0.2) is 8.78 Å². The Morgan fingerprint density at radius 2 is 1.79 bits per heavy atom. The summed E-state index contributed by atoms with van der Waals surface area (Å²) in [6.07, 6.45) is -0.612. The number of carbonyl (C=O) groups excluding carboxylic acids is 3. The van der Waals surface area contributed by atoms with E-state index in [0.29, 0.717) is 6.07 Å². The average Bonchev–Trinajstić information content (AvgIpc) is 2.44. The van der Waals surface area contributed by atoms with Crippen molar-refractivity contribution in [3.63, 3.8) is 0 Å². The molecule has 0 radical (unpaired) electrons. The second kappa shape index (κ2) is 7.96. The Kier molecular flexibility index (Phi) is 6.53. The monoisotopic (exact) mass is 342 g/mol. The molecule has 3 N–H and O–H groups in total. The van der Waals surface area contributed by atoms with Crippen LogP contribution in [0.25, 0.3) is 0 Å². The quantitative estimate of drug-likeness (QED) is 0.716. The zero-order valence-electron chi connectivity index (χ0n) is 13.7. The highest BCUT2D eigenvalue weighted by molar-refractivity contribution is 5.94. The van der Waals surface area contributed by atoms with Crippen LogP contribution in [0.15, 0.2) is 18.2 Å². The van der Waals surface area contributed by atoms with Crippen LogP contribution in [0.4, 0.5) is 8.78 Å². The third-order valence-corrected chi connectivity index (χ3v) is 3.34. The zero-order chi connectivity index (χ0) is 18.5. The summed E-state index contributed by atoms with van der Waals surface area (Å²) in [7, 11) is 1.15. The van der Waals surface area contributed by atoms with Crippen LogP contribution in [0.5, 0.6) is 0 Å². The van der Waals surface area contributed by atoms with E-state index in [2.05, 4.69) is 10.1 Å². The van der Waals surface area contributed by atoms with Crippen molar-refractivity contribution in [3.05, 3.63) is 35.4 Å². The number of nitrogens with one attached hydrogen (secondary N) is 1. The van der Waals surface area contributed by atoms with Crippen molar-refractivity contribution in [3.8, 4) is 0 Å². The number of hydrogen-bond donors (Lipinski definition) is 2. The Morgan fingerprint density at radius 1 is 1.25 bits per heavy atom. The summed E-state index contributed by atoms with van der Waals surface area (Å²) in [6.45, 7) is 2.78. The van der Waals surface area contributed by atoms with E-state index in [4.69, 9.17) is 5.73 Å². The molecule has 8 heteroatoms. The van der Waals surface area contributed by atoms with Gasteiger partial charge in [0.1, 0.15) is 17.2 Å². The molecule has 0 aliphatic heterocycles. The fourth-order valence-corrected chi connectivity index (χ4v) is 2.09. The van der Waals surface area contributed by atoms with Gasteiger partial charge in [-0.3, -0.25) is 14.4 Å². The summed E-state index contributed by atoms with van der Waals surface area (Å²) >= 11 is 0. The molecular formula is C16H20F2N2O4. The van der Waals surface area contributed by atoms with Gasteiger partial charge in [0.2, 0.25) is 5.91 Å². The molecule has 1 aromatic carbocycles. The molecule has 1 unspecified atom stereocenters. The molecule has 6 nitrogen and oxygen atoms in total. The van der Waals surface area contributed by atoms with Crippen LogP contribution in [0.1, 0.15) is 25.8 Å². The number of esters is 1. The number of Topliss-reactive ketones (excluding diaryl/α,β-unsaturated/α-hetero) is 1. The molecule has 0 heterocycles. The van der Waals surface area contributed by atoms with E-state index in [1.54, 1.807) is 0 Å². The van der Waals surface area contributed by atoms with Crippen molar-refractivity contribution in [2.24, 2.45) is 5.73 Å². The maximum Gasteiger partial charge on any atom is 0.326 e. The van der Waals surface area contributed by atoms with E-state index in [1.165, 1.54) is 13.8 Å². The highest BCUT2D eigenvalue weighted by atomic mass is 19.1. The number of amides is 1. The minimum absolute atomic E-state index is 0.142. The second-order valence-electron chi connectivity index (χ2n) is 5.80. The fourth-order valence-electron chi connectivity index (χ4n) is 2.09. The molecule has 132 valence electrons. The van der Waals surface area contributed by atoms with Gasteiger partial charge in [0.15, 0.2) is 5.78 Å². The Bertz CT molecular complexity index is 627. The zero-order valence-corrected chi connectivity index (χ0v) is 13.7. The van der Waals surface area contributed by atoms with Crippen LogP contribution in [-0.4, -0.2) is 36.4 Å². The molecule has 0 saturated heterocycles. The highest BCUT2D eigenvalue weighted by Gasteiger charge is 2.34. The first-order chi connectivity index (χ1) is 11.0. The molecule has 0 spiro atoms. The van der Waals surface area contributed by atoms with E-state index < -0.39 is 40.9 Å². The van der Waals surface area contributed by atoms with Gasteiger partial charge in [0.05, 0.1) is 19.6 Å². The predicted molar refractivity (Wildman–Crippen MR) is 81.9 cm³/mol. The summed E-state index contributed by atoms with van der Waals surface area (Å²) in [5.41, 5.74) is 4.34. The molecule has 1 amide bonds. The number of ketones is 1.